The molecule has 0 bridgehead atoms. The van der Waals surface area contributed by atoms with E-state index in [0.717, 1.165) is 25.7 Å². The van der Waals surface area contributed by atoms with Gasteiger partial charge in [0.2, 0.25) is 17.7 Å². The van der Waals surface area contributed by atoms with E-state index in [9.17, 15) is 19.2 Å². The number of amides is 5. The van der Waals surface area contributed by atoms with Gasteiger partial charge in [-0.2, -0.15) is 0 Å². The number of nitrogens with one attached hydrogen (secondary N) is 2. The first-order valence-corrected chi connectivity index (χ1v) is 11.9. The lowest BCUT2D eigenvalue weighted by molar-refractivity contribution is -0.146. The monoisotopic (exact) mass is 473 g/mol. The SMILES string of the molecule is COCC(=O)N1CCN(C(=O)Nc2ccccc2)CC1C(=O)NC(CC1CCCCC1)C(N)=O. The van der Waals surface area contributed by atoms with E-state index in [4.69, 9.17) is 10.5 Å². The van der Waals surface area contributed by atoms with E-state index in [1.807, 2.05) is 18.2 Å². The number of hydrogen-bond donors (Lipinski definition) is 3. The summed E-state index contributed by atoms with van der Waals surface area (Å²) >= 11 is 0. The van der Waals surface area contributed by atoms with E-state index >= 15 is 0 Å². The molecule has 1 aromatic carbocycles. The van der Waals surface area contributed by atoms with Gasteiger partial charge in [-0.25, -0.2) is 4.79 Å². The molecule has 1 saturated heterocycles. The minimum absolute atomic E-state index is 0.00509. The fourth-order valence-electron chi connectivity index (χ4n) is 4.69. The minimum atomic E-state index is -0.953. The van der Waals surface area contributed by atoms with Crippen molar-refractivity contribution in [2.24, 2.45) is 11.7 Å². The molecule has 4 N–H and O–H groups in total. The third kappa shape index (κ3) is 6.93. The fourth-order valence-corrected chi connectivity index (χ4v) is 4.69. The van der Waals surface area contributed by atoms with Crippen molar-refractivity contribution in [2.45, 2.75) is 50.6 Å². The van der Waals surface area contributed by atoms with Gasteiger partial charge >= 0.3 is 6.03 Å². The molecule has 1 aliphatic carbocycles. The maximum Gasteiger partial charge on any atom is 0.321 e. The second kappa shape index (κ2) is 12.4. The van der Waals surface area contributed by atoms with Crippen molar-refractivity contribution in [1.82, 2.24) is 15.1 Å². The Hall–Kier alpha value is -3.14. The number of rotatable bonds is 8. The lowest BCUT2D eigenvalue weighted by Gasteiger charge is -2.40. The van der Waals surface area contributed by atoms with Crippen LogP contribution in [0.4, 0.5) is 10.5 Å². The Morgan fingerprint density at radius 3 is 2.44 bits per heavy atom. The van der Waals surface area contributed by atoms with Gasteiger partial charge in [0.05, 0.1) is 6.54 Å². The summed E-state index contributed by atoms with van der Waals surface area (Å²) in [6, 6.07) is 6.86. The number of urea groups is 1. The highest BCUT2D eigenvalue weighted by Crippen LogP contribution is 2.27. The van der Waals surface area contributed by atoms with Crippen LogP contribution in [0.1, 0.15) is 38.5 Å². The van der Waals surface area contributed by atoms with Crippen LogP contribution < -0.4 is 16.4 Å². The second-order valence-electron chi connectivity index (χ2n) is 8.98. The van der Waals surface area contributed by atoms with Crippen LogP contribution >= 0.6 is 0 Å². The number of carbonyl (C=O) groups excluding carboxylic acids is 4. The van der Waals surface area contributed by atoms with Crippen LogP contribution in [-0.4, -0.2) is 79.0 Å². The molecular weight excluding hydrogens is 438 g/mol. The number of nitrogens with two attached hydrogens (primary N) is 1. The van der Waals surface area contributed by atoms with Crippen LogP contribution in [0.25, 0.3) is 0 Å². The van der Waals surface area contributed by atoms with E-state index < -0.39 is 23.9 Å². The van der Waals surface area contributed by atoms with Crippen LogP contribution in [0, 0.1) is 5.92 Å². The molecule has 2 fully saturated rings. The number of benzene rings is 1. The van der Waals surface area contributed by atoms with Crippen LogP contribution in [-0.2, 0) is 19.1 Å². The number of hydrogen-bond acceptors (Lipinski definition) is 5. The van der Waals surface area contributed by atoms with Crippen molar-refractivity contribution in [3.63, 3.8) is 0 Å². The van der Waals surface area contributed by atoms with Crippen molar-refractivity contribution >= 4 is 29.4 Å². The lowest BCUT2D eigenvalue weighted by atomic mass is 9.84. The third-order valence-electron chi connectivity index (χ3n) is 6.54. The van der Waals surface area contributed by atoms with Gasteiger partial charge in [-0.1, -0.05) is 50.3 Å². The molecule has 2 atom stereocenters. The molecule has 1 aliphatic heterocycles. The summed E-state index contributed by atoms with van der Waals surface area (Å²) in [5.74, 6) is -1.12. The maximum atomic E-state index is 13.3. The predicted molar refractivity (Wildman–Crippen MR) is 127 cm³/mol. The number of methoxy groups -OCH3 is 1. The normalized spacial score (nSPS) is 19.9. The second-order valence-corrected chi connectivity index (χ2v) is 8.98. The van der Waals surface area contributed by atoms with Gasteiger partial charge in [-0.3, -0.25) is 14.4 Å². The Kier molecular flexibility index (Phi) is 9.26. The average Bonchev–Trinajstić information content (AvgIpc) is 2.84. The molecule has 10 nitrogen and oxygen atoms in total. The summed E-state index contributed by atoms with van der Waals surface area (Å²) in [7, 11) is 1.41. The summed E-state index contributed by atoms with van der Waals surface area (Å²) in [5.41, 5.74) is 6.24. The molecule has 0 radical (unpaired) electrons. The smallest absolute Gasteiger partial charge is 0.321 e. The molecule has 0 aromatic heterocycles. The fraction of sp³-hybridized carbons (Fsp3) is 0.583. The first-order chi connectivity index (χ1) is 16.4. The summed E-state index contributed by atoms with van der Waals surface area (Å²) in [5, 5.41) is 5.57. The van der Waals surface area contributed by atoms with Crippen molar-refractivity contribution in [2.75, 3.05) is 38.7 Å². The Morgan fingerprint density at radius 1 is 1.09 bits per heavy atom. The molecule has 0 spiro atoms. The standard InChI is InChI=1S/C24H35N5O5/c1-34-16-21(30)29-13-12-28(24(33)26-18-10-6-3-7-11-18)15-20(29)23(32)27-19(22(25)31)14-17-8-4-2-5-9-17/h3,6-7,10-11,17,19-20H,2,4-5,8-9,12-16H2,1H3,(H2,25,31)(H,26,33)(H,27,32). The van der Waals surface area contributed by atoms with Crippen molar-refractivity contribution in [1.29, 1.82) is 0 Å². The van der Waals surface area contributed by atoms with Crippen LogP contribution in [0.5, 0.6) is 0 Å². The first kappa shape index (κ1) is 25.5. The van der Waals surface area contributed by atoms with E-state index in [-0.39, 0.29) is 38.2 Å². The zero-order chi connectivity index (χ0) is 24.5. The van der Waals surface area contributed by atoms with E-state index in [0.29, 0.717) is 18.0 Å². The largest absolute Gasteiger partial charge is 0.375 e. The quantitative estimate of drug-likeness (QED) is 0.524. The number of anilines is 1. The third-order valence-corrected chi connectivity index (χ3v) is 6.54. The zero-order valence-corrected chi connectivity index (χ0v) is 19.7. The molecule has 34 heavy (non-hydrogen) atoms. The predicted octanol–water partition coefficient (Wildman–Crippen LogP) is 1.32. The highest BCUT2D eigenvalue weighted by atomic mass is 16.5. The molecule has 2 aliphatic rings. The molecule has 2 unspecified atom stereocenters. The van der Waals surface area contributed by atoms with E-state index in [2.05, 4.69) is 10.6 Å². The molecule has 1 saturated carbocycles. The van der Waals surface area contributed by atoms with Gasteiger partial charge < -0.3 is 30.9 Å². The molecular formula is C24H35N5O5. The molecule has 1 heterocycles. The Morgan fingerprint density at radius 2 is 1.79 bits per heavy atom. The summed E-state index contributed by atoms with van der Waals surface area (Å²) in [6.07, 6.45) is 5.90. The number of carbonyl (C=O) groups is 4. The maximum absolute atomic E-state index is 13.3. The lowest BCUT2D eigenvalue weighted by Crippen LogP contribution is -2.64. The molecule has 5 amide bonds. The minimum Gasteiger partial charge on any atom is -0.375 e. The van der Waals surface area contributed by atoms with Gasteiger partial charge in [-0.15, -0.1) is 0 Å². The van der Waals surface area contributed by atoms with Gasteiger partial charge in [0, 0.05) is 25.9 Å². The number of ether oxygens (including phenoxy) is 1. The van der Waals surface area contributed by atoms with Gasteiger partial charge in [-0.05, 0) is 24.5 Å². The zero-order valence-electron chi connectivity index (χ0n) is 19.7. The van der Waals surface area contributed by atoms with Crippen LogP contribution in [0.2, 0.25) is 0 Å². The average molecular weight is 474 g/mol. The van der Waals surface area contributed by atoms with Gasteiger partial charge in [0.25, 0.3) is 0 Å². The van der Waals surface area contributed by atoms with E-state index in [1.54, 1.807) is 12.1 Å². The first-order valence-electron chi connectivity index (χ1n) is 11.9. The van der Waals surface area contributed by atoms with Gasteiger partial charge in [0.1, 0.15) is 18.7 Å². The number of primary amides is 1. The molecule has 186 valence electrons. The Labute approximate surface area is 200 Å². The van der Waals surface area contributed by atoms with Crippen molar-refractivity contribution < 1.29 is 23.9 Å². The Balaban J connectivity index is 1.70. The number of piperazine rings is 1. The van der Waals surface area contributed by atoms with Crippen molar-refractivity contribution in [3.8, 4) is 0 Å². The van der Waals surface area contributed by atoms with Crippen LogP contribution in [0.15, 0.2) is 30.3 Å². The molecule has 10 heteroatoms. The summed E-state index contributed by atoms with van der Waals surface area (Å²) in [6.45, 7) is 0.252. The summed E-state index contributed by atoms with van der Waals surface area (Å²) < 4.78 is 4.97. The molecule has 3 rings (SSSR count). The topological polar surface area (TPSA) is 134 Å². The highest BCUT2D eigenvalue weighted by Gasteiger charge is 2.38. The van der Waals surface area contributed by atoms with Crippen LogP contribution in [0.3, 0.4) is 0 Å². The van der Waals surface area contributed by atoms with E-state index in [1.165, 1.54) is 23.3 Å². The Bertz CT molecular complexity index is 859. The number of para-hydroxylation sites is 1. The molecule has 1 aromatic rings. The summed E-state index contributed by atoms with van der Waals surface area (Å²) in [4.78, 5) is 53.7. The highest BCUT2D eigenvalue weighted by molar-refractivity contribution is 5.94. The van der Waals surface area contributed by atoms with Gasteiger partial charge in [0.15, 0.2) is 0 Å². The number of nitrogens with zero attached hydrogens (tertiary/aromatic N) is 2. The van der Waals surface area contributed by atoms with Crippen molar-refractivity contribution in [3.05, 3.63) is 30.3 Å².